The zero-order chi connectivity index (χ0) is 21.1. The lowest BCUT2D eigenvalue weighted by molar-refractivity contribution is 0.111. The van der Waals surface area contributed by atoms with Gasteiger partial charge < -0.3 is 33.9 Å². The van der Waals surface area contributed by atoms with Crippen LogP contribution in [0.5, 0.6) is 28.7 Å². The zero-order valence-electron chi connectivity index (χ0n) is 16.7. The molecule has 1 N–H and O–H groups in total. The molecule has 0 aromatic heterocycles. The number of fused-ring (bicyclic) bond motifs is 2. The molecule has 2 heterocycles. The number of rotatable bonds is 7. The molecule has 158 valence electrons. The Kier molecular flexibility index (Phi) is 5.80. The van der Waals surface area contributed by atoms with Crippen LogP contribution in [-0.2, 0) is 13.0 Å². The third-order valence-electron chi connectivity index (χ3n) is 5.01. The molecule has 4 rings (SSSR count). The Balaban J connectivity index is 1.37. The Bertz CT molecular complexity index is 980. The number of carbonyl (C=O) groups is 1. The molecule has 9 heteroatoms. The van der Waals surface area contributed by atoms with Gasteiger partial charge in [0.05, 0.1) is 12.7 Å². The van der Waals surface area contributed by atoms with Crippen LogP contribution < -0.4 is 29.0 Å². The monoisotopic (exact) mass is 430 g/mol. The molecule has 0 bridgehead atoms. The van der Waals surface area contributed by atoms with Crippen molar-refractivity contribution in [3.05, 3.63) is 41.0 Å². The second kappa shape index (κ2) is 8.66. The molecule has 2 aromatic carbocycles. The van der Waals surface area contributed by atoms with Crippen LogP contribution in [0.2, 0.25) is 0 Å². The largest absolute Gasteiger partial charge is 0.492 e. The summed E-state index contributed by atoms with van der Waals surface area (Å²) in [4.78, 5) is 13.6. The lowest BCUT2D eigenvalue weighted by atomic mass is 10.0. The van der Waals surface area contributed by atoms with Gasteiger partial charge in [0.1, 0.15) is 0 Å². The molecule has 0 aliphatic carbocycles. The van der Waals surface area contributed by atoms with Gasteiger partial charge >= 0.3 is 0 Å². The summed E-state index contributed by atoms with van der Waals surface area (Å²) in [5.74, 6) is 2.95. The number of ether oxygens (including phenoxy) is 5. The van der Waals surface area contributed by atoms with Crippen LogP contribution in [-0.4, -0.2) is 50.6 Å². The van der Waals surface area contributed by atoms with Gasteiger partial charge in [-0.25, -0.2) is 0 Å². The fourth-order valence-electron chi connectivity index (χ4n) is 3.37. The van der Waals surface area contributed by atoms with Crippen molar-refractivity contribution in [3.63, 3.8) is 0 Å². The van der Waals surface area contributed by atoms with Gasteiger partial charge in [0, 0.05) is 20.1 Å². The summed E-state index contributed by atoms with van der Waals surface area (Å²) in [6.45, 7) is 1.54. The molecule has 0 atom stereocenters. The van der Waals surface area contributed by atoms with E-state index in [-0.39, 0.29) is 13.6 Å². The molecule has 0 saturated carbocycles. The molecule has 0 fully saturated rings. The molecular weight excluding hydrogens is 408 g/mol. The van der Waals surface area contributed by atoms with Crippen LogP contribution in [0.3, 0.4) is 0 Å². The molecule has 2 aliphatic rings. The number of benzene rings is 2. The molecule has 8 nitrogen and oxygen atoms in total. The number of methoxy groups -OCH3 is 1. The molecule has 0 unspecified atom stereocenters. The number of thiocarbonyl (C=S) groups is 1. The van der Waals surface area contributed by atoms with Gasteiger partial charge in [0.2, 0.25) is 19.3 Å². The van der Waals surface area contributed by atoms with E-state index in [1.54, 1.807) is 0 Å². The highest BCUT2D eigenvalue weighted by Crippen LogP contribution is 2.44. The van der Waals surface area contributed by atoms with E-state index in [2.05, 4.69) is 5.32 Å². The summed E-state index contributed by atoms with van der Waals surface area (Å²) >= 11 is 5.50. The second-order valence-electron chi connectivity index (χ2n) is 6.85. The van der Waals surface area contributed by atoms with Crippen molar-refractivity contribution in [2.24, 2.45) is 0 Å². The van der Waals surface area contributed by atoms with Crippen molar-refractivity contribution < 1.29 is 28.5 Å². The first-order valence-electron chi connectivity index (χ1n) is 9.43. The minimum Gasteiger partial charge on any atom is -0.492 e. The smallest absolute Gasteiger partial charge is 0.231 e. The number of nitrogens with one attached hydrogen (secondary N) is 1. The first-order valence-corrected chi connectivity index (χ1v) is 9.83. The van der Waals surface area contributed by atoms with Gasteiger partial charge in [-0.05, 0) is 48.0 Å². The third-order valence-corrected chi connectivity index (χ3v) is 5.47. The molecule has 0 spiro atoms. The molecular formula is C21H22N2O6S. The van der Waals surface area contributed by atoms with Crippen LogP contribution in [0.25, 0.3) is 0 Å². The van der Waals surface area contributed by atoms with Crippen LogP contribution in [0.15, 0.2) is 24.3 Å². The fourth-order valence-corrected chi connectivity index (χ4v) is 3.53. The highest BCUT2D eigenvalue weighted by atomic mass is 32.1. The average Bonchev–Trinajstić information content (AvgIpc) is 3.43. The van der Waals surface area contributed by atoms with Gasteiger partial charge in [-0.15, -0.1) is 0 Å². The van der Waals surface area contributed by atoms with Crippen molar-refractivity contribution in [2.45, 2.75) is 13.0 Å². The van der Waals surface area contributed by atoms with Gasteiger partial charge in [0.15, 0.2) is 34.4 Å². The normalized spacial score (nSPS) is 13.1. The summed E-state index contributed by atoms with van der Waals surface area (Å²) in [7, 11) is 3.41. The lowest BCUT2D eigenvalue weighted by Crippen LogP contribution is -2.37. The summed E-state index contributed by atoms with van der Waals surface area (Å²) in [5.41, 5.74) is 2.32. The van der Waals surface area contributed by atoms with E-state index in [1.165, 1.54) is 7.11 Å². The molecule has 0 amide bonds. The van der Waals surface area contributed by atoms with Gasteiger partial charge in [-0.3, -0.25) is 4.79 Å². The van der Waals surface area contributed by atoms with E-state index < -0.39 is 0 Å². The number of aldehydes is 1. The van der Waals surface area contributed by atoms with Crippen LogP contribution in [0.1, 0.15) is 21.5 Å². The van der Waals surface area contributed by atoms with Crippen molar-refractivity contribution in [1.82, 2.24) is 10.2 Å². The first-order chi connectivity index (χ1) is 14.6. The van der Waals surface area contributed by atoms with Gasteiger partial charge in [-0.2, -0.15) is 0 Å². The maximum atomic E-state index is 11.7. The Morgan fingerprint density at radius 1 is 1.17 bits per heavy atom. The van der Waals surface area contributed by atoms with E-state index in [4.69, 9.17) is 35.9 Å². The number of likely N-dealkylation sites (N-methyl/N-ethyl adjacent to an activating group) is 1. The third kappa shape index (κ3) is 3.93. The highest BCUT2D eigenvalue weighted by molar-refractivity contribution is 7.80. The topological polar surface area (TPSA) is 78.5 Å². The molecule has 30 heavy (non-hydrogen) atoms. The first kappa shape index (κ1) is 20.1. The van der Waals surface area contributed by atoms with E-state index in [0.717, 1.165) is 28.9 Å². The average molecular weight is 430 g/mol. The maximum Gasteiger partial charge on any atom is 0.231 e. The van der Waals surface area contributed by atoms with E-state index in [9.17, 15) is 4.79 Å². The number of nitrogens with zero attached hydrogens (tertiary/aromatic N) is 1. The maximum absolute atomic E-state index is 11.7. The van der Waals surface area contributed by atoms with E-state index >= 15 is 0 Å². The van der Waals surface area contributed by atoms with Gasteiger partial charge in [-0.1, -0.05) is 6.07 Å². The Hall–Kier alpha value is -3.20. The lowest BCUT2D eigenvalue weighted by Gasteiger charge is -2.22. The van der Waals surface area contributed by atoms with Crippen molar-refractivity contribution >= 4 is 23.6 Å². The van der Waals surface area contributed by atoms with E-state index in [0.29, 0.717) is 47.4 Å². The quantitative estimate of drug-likeness (QED) is 0.527. The summed E-state index contributed by atoms with van der Waals surface area (Å²) < 4.78 is 27.0. The SMILES string of the molecule is COc1c(C=O)c(CCN(C)C(=S)NCc2ccc3c(c2)OCO3)cc2c1OCO2. The molecule has 0 radical (unpaired) electrons. The summed E-state index contributed by atoms with van der Waals surface area (Å²) in [6, 6.07) is 7.62. The Morgan fingerprint density at radius 3 is 2.73 bits per heavy atom. The number of hydrogen-bond acceptors (Lipinski definition) is 7. The van der Waals surface area contributed by atoms with Crippen LogP contribution in [0, 0.1) is 0 Å². The number of hydrogen-bond donors (Lipinski definition) is 1. The fraction of sp³-hybridized carbons (Fsp3) is 0.333. The summed E-state index contributed by atoms with van der Waals surface area (Å²) in [5, 5.41) is 3.85. The standard InChI is InChI=1S/C21H22N2O6S/c1-23(21(30)22-9-13-3-4-16-17(7-13)27-11-26-16)6-5-14-8-18-20(29-12-28-18)19(25-2)15(14)10-24/h3-4,7-8,10H,5-6,9,11-12H2,1-2H3,(H,22,30). The molecule has 2 aromatic rings. The minimum atomic E-state index is 0.112. The summed E-state index contributed by atoms with van der Waals surface area (Å²) in [6.07, 6.45) is 1.37. The predicted molar refractivity (Wildman–Crippen MR) is 113 cm³/mol. The minimum absolute atomic E-state index is 0.112. The Labute approximate surface area is 179 Å². The number of carbonyl (C=O) groups excluding carboxylic acids is 1. The van der Waals surface area contributed by atoms with Gasteiger partial charge in [0.25, 0.3) is 0 Å². The van der Waals surface area contributed by atoms with Crippen molar-refractivity contribution in [2.75, 3.05) is 34.3 Å². The highest BCUT2D eigenvalue weighted by Gasteiger charge is 2.25. The molecule has 0 saturated heterocycles. The van der Waals surface area contributed by atoms with Crippen LogP contribution in [0.4, 0.5) is 0 Å². The van der Waals surface area contributed by atoms with Crippen molar-refractivity contribution in [1.29, 1.82) is 0 Å². The second-order valence-corrected chi connectivity index (χ2v) is 7.24. The Morgan fingerprint density at radius 2 is 1.93 bits per heavy atom. The zero-order valence-corrected chi connectivity index (χ0v) is 17.5. The van der Waals surface area contributed by atoms with Crippen molar-refractivity contribution in [3.8, 4) is 28.7 Å². The van der Waals surface area contributed by atoms with Crippen LogP contribution >= 0.6 is 12.2 Å². The molecule has 2 aliphatic heterocycles. The van der Waals surface area contributed by atoms with E-state index in [1.807, 2.05) is 36.2 Å². The predicted octanol–water partition coefficient (Wildman–Crippen LogP) is 2.51.